The fourth-order valence-corrected chi connectivity index (χ4v) is 3.36. The smallest absolute Gasteiger partial charge is 0.191 e. The molecule has 0 radical (unpaired) electrons. The number of methoxy groups -OCH3 is 1. The van der Waals surface area contributed by atoms with Crippen LogP contribution < -0.4 is 15.4 Å². The average molecular weight is 436 g/mol. The molecule has 146 valence electrons. The summed E-state index contributed by atoms with van der Waals surface area (Å²) in [4.78, 5) is 4.75. The van der Waals surface area contributed by atoms with Gasteiger partial charge < -0.3 is 24.5 Å². The van der Waals surface area contributed by atoms with Crippen molar-refractivity contribution >= 4 is 21.9 Å². The molecule has 1 aliphatic heterocycles. The number of hydrogen-bond acceptors (Lipinski definition) is 4. The largest absolute Gasteiger partial charge is 0.496 e. The molecule has 1 saturated heterocycles. The highest BCUT2D eigenvalue weighted by molar-refractivity contribution is 9.10. The molecule has 0 saturated carbocycles. The van der Waals surface area contributed by atoms with Crippen LogP contribution in [0.3, 0.4) is 0 Å². The van der Waals surface area contributed by atoms with Gasteiger partial charge in [-0.2, -0.15) is 0 Å². The number of ether oxygens (including phenoxy) is 2. The Morgan fingerprint density at radius 2 is 2.26 bits per heavy atom. The SMILES string of the molecule is COc1ccc(Br)cc1CN=C(NCCc1ccco1)NCC1CCOC1. The van der Waals surface area contributed by atoms with Crippen molar-refractivity contribution in [2.45, 2.75) is 19.4 Å². The van der Waals surface area contributed by atoms with Crippen molar-refractivity contribution in [2.24, 2.45) is 10.9 Å². The summed E-state index contributed by atoms with van der Waals surface area (Å²) in [6, 6.07) is 9.83. The molecule has 1 unspecified atom stereocenters. The van der Waals surface area contributed by atoms with E-state index >= 15 is 0 Å². The number of rotatable bonds is 8. The van der Waals surface area contributed by atoms with Gasteiger partial charge in [-0.1, -0.05) is 15.9 Å². The number of furan rings is 1. The molecule has 7 heteroatoms. The third kappa shape index (κ3) is 6.29. The van der Waals surface area contributed by atoms with E-state index in [9.17, 15) is 0 Å². The van der Waals surface area contributed by atoms with E-state index in [1.807, 2.05) is 30.3 Å². The summed E-state index contributed by atoms with van der Waals surface area (Å²) in [5.41, 5.74) is 1.03. The molecule has 2 heterocycles. The second-order valence-corrected chi connectivity index (χ2v) is 7.40. The molecule has 0 spiro atoms. The van der Waals surface area contributed by atoms with Crippen molar-refractivity contribution in [2.75, 3.05) is 33.4 Å². The first-order valence-electron chi connectivity index (χ1n) is 9.19. The molecule has 0 bridgehead atoms. The first-order valence-corrected chi connectivity index (χ1v) is 9.98. The molecule has 1 aliphatic rings. The fourth-order valence-electron chi connectivity index (χ4n) is 2.95. The van der Waals surface area contributed by atoms with E-state index in [4.69, 9.17) is 18.9 Å². The molecular weight excluding hydrogens is 410 g/mol. The third-order valence-electron chi connectivity index (χ3n) is 4.48. The monoisotopic (exact) mass is 435 g/mol. The fraction of sp³-hybridized carbons (Fsp3) is 0.450. The number of halogens is 1. The second kappa shape index (κ2) is 10.4. The molecule has 1 atom stereocenters. The highest BCUT2D eigenvalue weighted by Crippen LogP contribution is 2.23. The lowest BCUT2D eigenvalue weighted by Crippen LogP contribution is -2.40. The second-order valence-electron chi connectivity index (χ2n) is 6.49. The number of benzene rings is 1. The van der Waals surface area contributed by atoms with E-state index in [1.54, 1.807) is 13.4 Å². The first kappa shape index (κ1) is 19.8. The molecule has 1 aromatic carbocycles. The van der Waals surface area contributed by atoms with E-state index in [0.29, 0.717) is 12.5 Å². The molecule has 6 nitrogen and oxygen atoms in total. The van der Waals surface area contributed by atoms with Crippen LogP contribution in [0.1, 0.15) is 17.7 Å². The molecule has 1 fully saturated rings. The van der Waals surface area contributed by atoms with E-state index in [2.05, 4.69) is 26.6 Å². The predicted molar refractivity (Wildman–Crippen MR) is 109 cm³/mol. The van der Waals surface area contributed by atoms with Crippen LogP contribution in [-0.4, -0.2) is 39.4 Å². The van der Waals surface area contributed by atoms with Gasteiger partial charge in [0.05, 0.1) is 26.5 Å². The molecule has 2 aromatic rings. The van der Waals surface area contributed by atoms with Crippen molar-refractivity contribution in [3.8, 4) is 5.75 Å². The van der Waals surface area contributed by atoms with Crippen LogP contribution in [0.5, 0.6) is 5.75 Å². The zero-order valence-electron chi connectivity index (χ0n) is 15.5. The minimum absolute atomic E-state index is 0.528. The van der Waals surface area contributed by atoms with Gasteiger partial charge in [-0.25, -0.2) is 4.99 Å². The van der Waals surface area contributed by atoms with Gasteiger partial charge in [0, 0.05) is 42.1 Å². The average Bonchev–Trinajstić information content (AvgIpc) is 3.37. The Balaban J connectivity index is 1.61. The van der Waals surface area contributed by atoms with Crippen LogP contribution in [0.15, 0.2) is 50.5 Å². The van der Waals surface area contributed by atoms with E-state index < -0.39 is 0 Å². The van der Waals surface area contributed by atoms with Gasteiger partial charge in [-0.3, -0.25) is 0 Å². The topological polar surface area (TPSA) is 68.0 Å². The summed E-state index contributed by atoms with van der Waals surface area (Å²) >= 11 is 3.51. The van der Waals surface area contributed by atoms with Crippen molar-refractivity contribution in [3.05, 3.63) is 52.4 Å². The number of nitrogens with zero attached hydrogens (tertiary/aromatic N) is 1. The quantitative estimate of drug-likeness (QED) is 0.491. The normalized spacial score (nSPS) is 17.1. The van der Waals surface area contributed by atoms with Crippen molar-refractivity contribution in [1.29, 1.82) is 0 Å². The standard InChI is InChI=1S/C20H26BrN3O3/c1-25-19-5-4-17(21)11-16(19)13-24-20(23-12-15-7-10-26-14-15)22-8-6-18-3-2-9-27-18/h2-5,9,11,15H,6-8,10,12-14H2,1H3,(H2,22,23,24). The van der Waals surface area contributed by atoms with Crippen LogP contribution in [0.25, 0.3) is 0 Å². The Morgan fingerprint density at radius 1 is 1.33 bits per heavy atom. The van der Waals surface area contributed by atoms with Crippen LogP contribution >= 0.6 is 15.9 Å². The summed E-state index contributed by atoms with van der Waals surface area (Å²) in [7, 11) is 1.68. The van der Waals surface area contributed by atoms with Gasteiger partial charge in [0.1, 0.15) is 11.5 Å². The number of hydrogen-bond donors (Lipinski definition) is 2. The minimum atomic E-state index is 0.528. The molecule has 1 aromatic heterocycles. The van der Waals surface area contributed by atoms with Gasteiger partial charge in [0.15, 0.2) is 5.96 Å². The Labute approximate surface area is 168 Å². The van der Waals surface area contributed by atoms with Crippen LogP contribution in [-0.2, 0) is 17.7 Å². The zero-order chi connectivity index (χ0) is 18.9. The summed E-state index contributed by atoms with van der Waals surface area (Å²) in [5.74, 6) is 3.11. The van der Waals surface area contributed by atoms with Crippen molar-refractivity contribution in [3.63, 3.8) is 0 Å². The number of aliphatic imine (C=N–C) groups is 1. The third-order valence-corrected chi connectivity index (χ3v) is 4.97. The first-order chi connectivity index (χ1) is 13.2. The molecule has 3 rings (SSSR count). The Bertz CT molecular complexity index is 728. The lowest BCUT2D eigenvalue weighted by atomic mass is 10.1. The lowest BCUT2D eigenvalue weighted by molar-refractivity contribution is 0.186. The molecule has 0 aliphatic carbocycles. The Morgan fingerprint density at radius 3 is 3.00 bits per heavy atom. The van der Waals surface area contributed by atoms with Gasteiger partial charge in [-0.15, -0.1) is 0 Å². The number of nitrogens with one attached hydrogen (secondary N) is 2. The van der Waals surface area contributed by atoms with Gasteiger partial charge >= 0.3 is 0 Å². The summed E-state index contributed by atoms with van der Waals surface area (Å²) in [6.45, 7) is 3.78. The van der Waals surface area contributed by atoms with Gasteiger partial charge in [0.2, 0.25) is 0 Å². The minimum Gasteiger partial charge on any atom is -0.496 e. The highest BCUT2D eigenvalue weighted by Gasteiger charge is 2.16. The molecule has 2 N–H and O–H groups in total. The van der Waals surface area contributed by atoms with Crippen LogP contribution in [0, 0.1) is 5.92 Å². The van der Waals surface area contributed by atoms with Gasteiger partial charge in [-0.05, 0) is 36.8 Å². The van der Waals surface area contributed by atoms with Crippen molar-refractivity contribution in [1.82, 2.24) is 10.6 Å². The van der Waals surface area contributed by atoms with Crippen LogP contribution in [0.4, 0.5) is 0 Å². The predicted octanol–water partition coefficient (Wildman–Crippen LogP) is 3.37. The van der Waals surface area contributed by atoms with Gasteiger partial charge in [0.25, 0.3) is 0 Å². The summed E-state index contributed by atoms with van der Waals surface area (Å²) in [5, 5.41) is 6.83. The van der Waals surface area contributed by atoms with E-state index in [0.717, 1.165) is 66.7 Å². The lowest BCUT2D eigenvalue weighted by Gasteiger charge is -2.15. The maximum absolute atomic E-state index is 5.46. The number of guanidine groups is 1. The Hall–Kier alpha value is -1.99. The molecular formula is C20H26BrN3O3. The summed E-state index contributed by atoms with van der Waals surface area (Å²) in [6.07, 6.45) is 3.59. The van der Waals surface area contributed by atoms with E-state index in [1.165, 1.54) is 0 Å². The Kier molecular flexibility index (Phi) is 7.59. The highest BCUT2D eigenvalue weighted by atomic mass is 79.9. The maximum atomic E-state index is 5.46. The molecule has 27 heavy (non-hydrogen) atoms. The van der Waals surface area contributed by atoms with Crippen LogP contribution in [0.2, 0.25) is 0 Å². The summed E-state index contributed by atoms with van der Waals surface area (Å²) < 4.78 is 17.3. The molecule has 0 amide bonds. The zero-order valence-corrected chi connectivity index (χ0v) is 17.1. The van der Waals surface area contributed by atoms with Crippen molar-refractivity contribution < 1.29 is 13.9 Å². The maximum Gasteiger partial charge on any atom is 0.191 e. The van der Waals surface area contributed by atoms with E-state index in [-0.39, 0.29) is 0 Å².